The van der Waals surface area contributed by atoms with Crippen LogP contribution in [0, 0.1) is 0 Å². The van der Waals surface area contributed by atoms with Gasteiger partial charge in [0.05, 0.1) is 10.7 Å². The zero-order valence-corrected chi connectivity index (χ0v) is 16.0. The smallest absolute Gasteiger partial charge is 0.433 e. The number of benzene rings is 2. The van der Waals surface area contributed by atoms with Crippen LogP contribution < -0.4 is 10.2 Å². The Bertz CT molecular complexity index is 907. The van der Waals surface area contributed by atoms with Crippen molar-refractivity contribution in [2.45, 2.75) is 0 Å². The molecule has 0 aliphatic carbocycles. The Balaban J connectivity index is 1.65. The lowest BCUT2D eigenvalue weighted by Crippen LogP contribution is -2.21. The van der Waals surface area contributed by atoms with Crippen molar-refractivity contribution in [3.63, 3.8) is 0 Å². The average Bonchev–Trinajstić information content (AvgIpc) is 2.94. The van der Waals surface area contributed by atoms with Gasteiger partial charge in [-0.25, -0.2) is 10.2 Å². The number of carbonyl (C=O) groups excluding carboxylic acids is 1. The lowest BCUT2D eigenvalue weighted by atomic mass is 10.2. The van der Waals surface area contributed by atoms with Crippen molar-refractivity contribution in [1.82, 2.24) is 5.43 Å². The highest BCUT2D eigenvalue weighted by molar-refractivity contribution is 9.11. The van der Waals surface area contributed by atoms with Crippen molar-refractivity contribution in [2.75, 3.05) is 0 Å². The molecular formula is C16H10Br2N2O3S. The number of ether oxygens (including phenoxy) is 1. The highest BCUT2D eigenvalue weighted by Crippen LogP contribution is 2.32. The number of halogens is 2. The van der Waals surface area contributed by atoms with Gasteiger partial charge in [0, 0.05) is 20.8 Å². The summed E-state index contributed by atoms with van der Waals surface area (Å²) in [5.74, 6) is 0.0293. The van der Waals surface area contributed by atoms with Crippen LogP contribution in [0.2, 0.25) is 0 Å². The molecule has 3 aromatic rings. The number of hydrazone groups is 1. The van der Waals surface area contributed by atoms with Crippen LogP contribution in [0.4, 0.5) is 4.79 Å². The van der Waals surface area contributed by atoms with E-state index in [0.29, 0.717) is 15.1 Å². The van der Waals surface area contributed by atoms with E-state index in [2.05, 4.69) is 42.4 Å². The molecule has 8 heteroatoms. The van der Waals surface area contributed by atoms with Gasteiger partial charge in [-0.2, -0.15) is 5.10 Å². The highest BCUT2D eigenvalue weighted by Gasteiger charge is 2.08. The molecule has 0 aliphatic rings. The second-order valence-electron chi connectivity index (χ2n) is 4.69. The van der Waals surface area contributed by atoms with Gasteiger partial charge in [-0.15, -0.1) is 0 Å². The minimum absolute atomic E-state index is 0.0293. The van der Waals surface area contributed by atoms with Gasteiger partial charge >= 0.3 is 6.09 Å². The summed E-state index contributed by atoms with van der Waals surface area (Å²) in [7, 11) is 0. The Kier molecular flexibility index (Phi) is 5.17. The fraction of sp³-hybridized carbons (Fsp3) is 0. The number of hydrogen-bond acceptors (Lipinski definition) is 5. The second kappa shape index (κ2) is 7.33. The number of fused-ring (bicyclic) bond motifs is 1. The molecular weight excluding hydrogens is 460 g/mol. The van der Waals surface area contributed by atoms with Crippen LogP contribution in [0.25, 0.3) is 10.1 Å². The fourth-order valence-electron chi connectivity index (χ4n) is 1.96. The maximum absolute atomic E-state index is 11.8. The van der Waals surface area contributed by atoms with Crippen LogP contribution >= 0.6 is 43.2 Å². The predicted octanol–water partition coefficient (Wildman–Crippen LogP) is 5.25. The van der Waals surface area contributed by atoms with E-state index in [1.165, 1.54) is 17.6 Å². The van der Waals surface area contributed by atoms with Crippen molar-refractivity contribution in [1.29, 1.82) is 0 Å². The Morgan fingerprint density at radius 2 is 2.04 bits per heavy atom. The molecule has 0 spiro atoms. The van der Waals surface area contributed by atoms with E-state index in [0.717, 1.165) is 14.6 Å². The number of amides is 1. The molecule has 0 saturated heterocycles. The van der Waals surface area contributed by atoms with Crippen LogP contribution in [0.1, 0.15) is 5.56 Å². The Morgan fingerprint density at radius 3 is 2.83 bits per heavy atom. The molecule has 0 fully saturated rings. The quantitative estimate of drug-likeness (QED) is 0.406. The predicted molar refractivity (Wildman–Crippen MR) is 102 cm³/mol. The van der Waals surface area contributed by atoms with Crippen LogP contribution in [0.5, 0.6) is 10.8 Å². The van der Waals surface area contributed by atoms with Crippen LogP contribution in [-0.2, 0) is 0 Å². The molecule has 3 rings (SSSR count). The number of nitrogens with zero attached hydrogens (tertiary/aromatic N) is 1. The topological polar surface area (TPSA) is 70.9 Å². The highest BCUT2D eigenvalue weighted by atomic mass is 79.9. The number of nitrogens with one attached hydrogen (secondary N) is 1. The average molecular weight is 470 g/mol. The summed E-state index contributed by atoms with van der Waals surface area (Å²) in [5.41, 5.74) is 2.71. The monoisotopic (exact) mass is 468 g/mol. The number of rotatable bonds is 3. The summed E-state index contributed by atoms with van der Waals surface area (Å²) >= 11 is 7.92. The van der Waals surface area contributed by atoms with E-state index in [9.17, 15) is 9.90 Å². The van der Waals surface area contributed by atoms with Crippen molar-refractivity contribution in [2.24, 2.45) is 5.10 Å². The number of phenolic OH excluding ortho intramolecular Hbond substituents is 1. The van der Waals surface area contributed by atoms with E-state index >= 15 is 0 Å². The van der Waals surface area contributed by atoms with E-state index in [4.69, 9.17) is 4.74 Å². The summed E-state index contributed by atoms with van der Waals surface area (Å²) in [5, 5.41) is 15.2. The minimum atomic E-state index is -0.702. The number of thiophene rings is 1. The molecule has 2 N–H and O–H groups in total. The number of aromatic hydroxyl groups is 1. The van der Waals surface area contributed by atoms with Gasteiger partial charge < -0.3 is 9.84 Å². The van der Waals surface area contributed by atoms with Gasteiger partial charge in [-0.1, -0.05) is 45.5 Å². The largest absolute Gasteiger partial charge is 0.506 e. The molecule has 1 amide bonds. The molecule has 0 bridgehead atoms. The molecule has 0 saturated carbocycles. The standard InChI is InChI=1S/C16H10Br2N2O3S/c17-11-5-10(15(21)12(18)7-11)8-19-20-16(22)23-14-6-9-3-1-2-4-13(9)24-14/h1-8,21H,(H,20,22). The van der Waals surface area contributed by atoms with Crippen LogP contribution in [0.15, 0.2) is 56.5 Å². The van der Waals surface area contributed by atoms with Gasteiger partial charge in [0.1, 0.15) is 5.75 Å². The summed E-state index contributed by atoms with van der Waals surface area (Å²) < 4.78 is 7.51. The zero-order chi connectivity index (χ0) is 17.1. The number of hydrogen-bond donors (Lipinski definition) is 2. The maximum atomic E-state index is 11.8. The van der Waals surface area contributed by atoms with Gasteiger partial charge in [0.25, 0.3) is 0 Å². The van der Waals surface area contributed by atoms with Gasteiger partial charge in [-0.05, 0) is 39.5 Å². The molecule has 0 radical (unpaired) electrons. The lowest BCUT2D eigenvalue weighted by molar-refractivity contribution is 0.202. The first kappa shape index (κ1) is 16.9. The Labute approximate surface area is 158 Å². The zero-order valence-electron chi connectivity index (χ0n) is 12.0. The molecule has 0 aliphatic heterocycles. The normalized spacial score (nSPS) is 11.1. The van der Waals surface area contributed by atoms with Gasteiger partial charge in [0.2, 0.25) is 0 Å². The molecule has 0 atom stereocenters. The first-order chi connectivity index (χ1) is 11.5. The third-order valence-electron chi connectivity index (χ3n) is 3.01. The fourth-order valence-corrected chi connectivity index (χ4v) is 4.13. The lowest BCUT2D eigenvalue weighted by Gasteiger charge is -2.03. The molecule has 0 unspecified atom stereocenters. The number of carbonyl (C=O) groups is 1. The minimum Gasteiger partial charge on any atom is -0.506 e. The first-order valence-corrected chi connectivity index (χ1v) is 9.10. The Morgan fingerprint density at radius 1 is 1.25 bits per heavy atom. The molecule has 24 heavy (non-hydrogen) atoms. The Hall–Kier alpha value is -1.90. The maximum Gasteiger partial charge on any atom is 0.433 e. The van der Waals surface area contributed by atoms with Crippen LogP contribution in [-0.4, -0.2) is 17.4 Å². The van der Waals surface area contributed by atoms with Crippen molar-refractivity contribution in [3.05, 3.63) is 57.0 Å². The van der Waals surface area contributed by atoms with E-state index in [1.54, 1.807) is 18.2 Å². The molecule has 1 aromatic heterocycles. The van der Waals surface area contributed by atoms with Crippen molar-refractivity contribution in [3.8, 4) is 10.8 Å². The third kappa shape index (κ3) is 3.95. The second-order valence-corrected chi connectivity index (χ2v) is 7.50. The molecule has 1 heterocycles. The summed E-state index contributed by atoms with van der Waals surface area (Å²) in [4.78, 5) is 11.8. The van der Waals surface area contributed by atoms with E-state index in [1.807, 2.05) is 24.3 Å². The molecule has 2 aromatic carbocycles. The summed E-state index contributed by atoms with van der Waals surface area (Å²) in [6, 6.07) is 12.9. The third-order valence-corrected chi connectivity index (χ3v) is 5.07. The number of phenols is 1. The SMILES string of the molecule is O=C(NN=Cc1cc(Br)cc(Br)c1O)Oc1cc2ccccc2s1. The van der Waals surface area contributed by atoms with Crippen LogP contribution in [0.3, 0.4) is 0 Å². The van der Waals surface area contributed by atoms with E-state index < -0.39 is 6.09 Å². The first-order valence-electron chi connectivity index (χ1n) is 6.70. The van der Waals surface area contributed by atoms with Crippen molar-refractivity contribution < 1.29 is 14.6 Å². The molecule has 5 nitrogen and oxygen atoms in total. The van der Waals surface area contributed by atoms with E-state index in [-0.39, 0.29) is 5.75 Å². The van der Waals surface area contributed by atoms with Gasteiger partial charge in [0.15, 0.2) is 5.06 Å². The molecule has 122 valence electrons. The summed E-state index contributed by atoms with van der Waals surface area (Å²) in [6.45, 7) is 0. The summed E-state index contributed by atoms with van der Waals surface area (Å²) in [6.07, 6.45) is 0.628. The van der Waals surface area contributed by atoms with Gasteiger partial charge in [-0.3, -0.25) is 0 Å². The van der Waals surface area contributed by atoms with Crippen molar-refractivity contribution >= 4 is 65.6 Å².